The zero-order chi connectivity index (χ0) is 25.8. The molecule has 0 amide bonds. The van der Waals surface area contributed by atoms with E-state index in [2.05, 4.69) is 4.98 Å². The Hall–Kier alpha value is -3.40. The van der Waals surface area contributed by atoms with E-state index >= 15 is 0 Å². The summed E-state index contributed by atoms with van der Waals surface area (Å²) in [5.41, 5.74) is -0.187. The number of rotatable bonds is 7. The fourth-order valence-electron chi connectivity index (χ4n) is 3.76. The van der Waals surface area contributed by atoms with Crippen LogP contribution in [-0.2, 0) is 20.6 Å². The van der Waals surface area contributed by atoms with Gasteiger partial charge >= 0.3 is 17.6 Å². The van der Waals surface area contributed by atoms with Crippen molar-refractivity contribution in [3.05, 3.63) is 102 Å². The van der Waals surface area contributed by atoms with Crippen LogP contribution in [0.5, 0.6) is 0 Å². The molecule has 0 radical (unpaired) electrons. The normalized spacial score (nSPS) is 19.1. The molecule has 0 spiro atoms. The van der Waals surface area contributed by atoms with Crippen LogP contribution in [0.3, 0.4) is 0 Å². The summed E-state index contributed by atoms with van der Waals surface area (Å²) in [6.07, 6.45) is -0.656. The van der Waals surface area contributed by atoms with Crippen LogP contribution in [0.2, 0.25) is 10.0 Å². The molecule has 3 atom stereocenters. The van der Waals surface area contributed by atoms with E-state index in [4.69, 9.17) is 37.4 Å². The Morgan fingerprint density at radius 3 is 2.17 bits per heavy atom. The lowest BCUT2D eigenvalue weighted by Gasteiger charge is -2.19. The Balaban J connectivity index is 1.54. The lowest BCUT2D eigenvalue weighted by Crippen LogP contribution is -2.34. The fourth-order valence-corrected chi connectivity index (χ4v) is 4.01. The summed E-state index contributed by atoms with van der Waals surface area (Å²) in [6.45, 7) is 1.54. The molecule has 188 valence electrons. The maximum absolute atomic E-state index is 12.7. The molecule has 1 unspecified atom stereocenters. The smallest absolute Gasteiger partial charge is 0.338 e. The standard InChI is InChI=1S/C25H22Cl2N2O7/c1-2-14-12-29(25(33)28-22(14)30)21-11-19(36-24(32)16-5-9-18(27)10-6-16)20(35-21)13-34-23(31)15-3-7-17(26)8-4-15/h3-10,12,19-21H,2,11,13H2,1H3,(H,28,30,33)/t19-,20+,21?/m0/s1. The minimum atomic E-state index is -0.869. The van der Waals surface area contributed by atoms with Gasteiger partial charge in [-0.3, -0.25) is 14.3 Å². The van der Waals surface area contributed by atoms with Crippen LogP contribution in [0.15, 0.2) is 64.3 Å². The van der Waals surface area contributed by atoms with E-state index in [9.17, 15) is 19.2 Å². The van der Waals surface area contributed by atoms with Crippen molar-refractivity contribution in [2.24, 2.45) is 0 Å². The van der Waals surface area contributed by atoms with Gasteiger partial charge in [-0.05, 0) is 55.0 Å². The summed E-state index contributed by atoms with van der Waals surface area (Å²) >= 11 is 11.8. The third kappa shape index (κ3) is 5.87. The van der Waals surface area contributed by atoms with Gasteiger partial charge in [0.15, 0.2) is 0 Å². The molecule has 4 rings (SSSR count). The number of aryl methyl sites for hydroxylation is 1. The van der Waals surface area contributed by atoms with Crippen molar-refractivity contribution in [2.75, 3.05) is 6.61 Å². The van der Waals surface area contributed by atoms with Gasteiger partial charge in [-0.2, -0.15) is 0 Å². The van der Waals surface area contributed by atoms with Crippen molar-refractivity contribution in [2.45, 2.75) is 38.2 Å². The monoisotopic (exact) mass is 532 g/mol. The molecule has 0 bridgehead atoms. The van der Waals surface area contributed by atoms with E-state index in [0.717, 1.165) is 0 Å². The summed E-state index contributed by atoms with van der Waals surface area (Å²) in [5.74, 6) is -1.24. The number of nitrogens with zero attached hydrogens (tertiary/aromatic N) is 1. The SMILES string of the molecule is CCc1cn(C2C[C@H](OC(=O)c3ccc(Cl)cc3)[C@@H](COC(=O)c3ccc(Cl)cc3)O2)c(=O)[nH]c1=O. The number of nitrogens with one attached hydrogen (secondary N) is 1. The maximum Gasteiger partial charge on any atom is 0.338 e. The van der Waals surface area contributed by atoms with Gasteiger partial charge in [0.05, 0.1) is 11.1 Å². The second-order valence-electron chi connectivity index (χ2n) is 8.10. The fraction of sp³-hybridized carbons (Fsp3) is 0.280. The first-order valence-corrected chi connectivity index (χ1v) is 11.9. The molecule has 1 saturated heterocycles. The van der Waals surface area contributed by atoms with E-state index in [-0.39, 0.29) is 24.2 Å². The molecule has 1 aromatic heterocycles. The number of aromatic nitrogens is 2. The lowest BCUT2D eigenvalue weighted by atomic mass is 10.1. The number of benzene rings is 2. The zero-order valence-corrected chi connectivity index (χ0v) is 20.6. The van der Waals surface area contributed by atoms with Crippen molar-refractivity contribution < 1.29 is 23.8 Å². The van der Waals surface area contributed by atoms with Crippen molar-refractivity contribution in [1.82, 2.24) is 9.55 Å². The first kappa shape index (κ1) is 25.7. The molecular weight excluding hydrogens is 511 g/mol. The Morgan fingerprint density at radius 2 is 1.58 bits per heavy atom. The van der Waals surface area contributed by atoms with Gasteiger partial charge in [-0.15, -0.1) is 0 Å². The average Bonchev–Trinajstić information content (AvgIpc) is 3.25. The second-order valence-corrected chi connectivity index (χ2v) is 8.97. The van der Waals surface area contributed by atoms with Crippen LogP contribution in [0.25, 0.3) is 0 Å². The van der Waals surface area contributed by atoms with Gasteiger partial charge in [-0.1, -0.05) is 30.1 Å². The van der Waals surface area contributed by atoms with Crippen molar-refractivity contribution in [3.8, 4) is 0 Å². The quantitative estimate of drug-likeness (QED) is 0.460. The molecule has 11 heteroatoms. The molecule has 0 saturated carbocycles. The number of H-pyrrole nitrogens is 1. The van der Waals surface area contributed by atoms with Gasteiger partial charge < -0.3 is 14.2 Å². The Kier molecular flexibility index (Phi) is 7.93. The minimum Gasteiger partial charge on any atom is -0.459 e. The van der Waals surface area contributed by atoms with Crippen LogP contribution in [-0.4, -0.2) is 40.3 Å². The van der Waals surface area contributed by atoms with Crippen molar-refractivity contribution >= 4 is 35.1 Å². The van der Waals surface area contributed by atoms with E-state index in [1.165, 1.54) is 35.0 Å². The minimum absolute atomic E-state index is 0.0948. The van der Waals surface area contributed by atoms with Crippen LogP contribution >= 0.6 is 23.2 Å². The number of carbonyl (C=O) groups is 2. The molecule has 2 aromatic carbocycles. The molecule has 9 nitrogen and oxygen atoms in total. The summed E-state index contributed by atoms with van der Waals surface area (Å²) < 4.78 is 18.3. The Bertz CT molecular complexity index is 1370. The summed E-state index contributed by atoms with van der Waals surface area (Å²) in [5, 5.41) is 0.937. The van der Waals surface area contributed by atoms with Crippen LogP contribution in [0.1, 0.15) is 45.9 Å². The Labute approximate surface area is 215 Å². The van der Waals surface area contributed by atoms with Crippen molar-refractivity contribution in [3.63, 3.8) is 0 Å². The van der Waals surface area contributed by atoms with Gasteiger partial charge in [0.2, 0.25) is 0 Å². The number of aromatic amines is 1. The molecule has 1 aliphatic rings. The number of esters is 2. The molecule has 1 N–H and O–H groups in total. The van der Waals surface area contributed by atoms with Gasteiger partial charge in [-0.25, -0.2) is 14.4 Å². The number of hydrogen-bond acceptors (Lipinski definition) is 7. The summed E-state index contributed by atoms with van der Waals surface area (Å²) in [4.78, 5) is 51.9. The van der Waals surface area contributed by atoms with E-state index in [1.807, 2.05) is 0 Å². The molecule has 1 aliphatic heterocycles. The summed E-state index contributed by atoms with van der Waals surface area (Å²) in [6, 6.07) is 12.3. The Morgan fingerprint density at radius 1 is 1.00 bits per heavy atom. The summed E-state index contributed by atoms with van der Waals surface area (Å²) in [7, 11) is 0. The average molecular weight is 533 g/mol. The van der Waals surface area contributed by atoms with E-state index in [0.29, 0.717) is 22.0 Å². The van der Waals surface area contributed by atoms with E-state index < -0.39 is 41.6 Å². The van der Waals surface area contributed by atoms with Gasteiger partial charge in [0.1, 0.15) is 25.0 Å². The van der Waals surface area contributed by atoms with Crippen LogP contribution < -0.4 is 11.2 Å². The van der Waals surface area contributed by atoms with Gasteiger partial charge in [0, 0.05) is 28.2 Å². The lowest BCUT2D eigenvalue weighted by molar-refractivity contribution is -0.0583. The third-order valence-corrected chi connectivity index (χ3v) is 6.21. The van der Waals surface area contributed by atoms with E-state index in [1.54, 1.807) is 31.2 Å². The molecule has 3 aromatic rings. The first-order valence-electron chi connectivity index (χ1n) is 11.1. The highest BCUT2D eigenvalue weighted by Gasteiger charge is 2.40. The van der Waals surface area contributed by atoms with Crippen molar-refractivity contribution in [1.29, 1.82) is 0 Å². The molecule has 1 fully saturated rings. The zero-order valence-electron chi connectivity index (χ0n) is 19.1. The maximum atomic E-state index is 12.7. The highest BCUT2D eigenvalue weighted by molar-refractivity contribution is 6.31. The predicted octanol–water partition coefficient (Wildman–Crippen LogP) is 3.78. The predicted molar refractivity (Wildman–Crippen MR) is 132 cm³/mol. The molecule has 2 heterocycles. The van der Waals surface area contributed by atoms with Crippen LogP contribution in [0.4, 0.5) is 0 Å². The first-order chi connectivity index (χ1) is 17.2. The molecular formula is C25H22Cl2N2O7. The highest BCUT2D eigenvalue weighted by atomic mass is 35.5. The molecule has 0 aliphatic carbocycles. The highest BCUT2D eigenvalue weighted by Crippen LogP contribution is 2.31. The van der Waals surface area contributed by atoms with Gasteiger partial charge in [0.25, 0.3) is 5.56 Å². The topological polar surface area (TPSA) is 117 Å². The second kappa shape index (κ2) is 11.1. The van der Waals surface area contributed by atoms with Crippen LogP contribution in [0, 0.1) is 0 Å². The number of hydrogen-bond donors (Lipinski definition) is 1. The number of halogens is 2. The molecule has 36 heavy (non-hydrogen) atoms. The number of carbonyl (C=O) groups excluding carboxylic acids is 2. The third-order valence-electron chi connectivity index (χ3n) is 5.71. The number of ether oxygens (including phenoxy) is 3. The largest absolute Gasteiger partial charge is 0.459 e.